The second-order valence-corrected chi connectivity index (χ2v) is 5.48. The molecule has 1 aromatic rings. The molecule has 1 heterocycles. The third-order valence-corrected chi connectivity index (χ3v) is 4.10. The third kappa shape index (κ3) is 3.44. The van der Waals surface area contributed by atoms with Gasteiger partial charge in [0, 0.05) is 51.1 Å². The van der Waals surface area contributed by atoms with E-state index in [1.807, 2.05) is 0 Å². The summed E-state index contributed by atoms with van der Waals surface area (Å²) in [4.78, 5) is 4.93. The predicted molar refractivity (Wildman–Crippen MR) is 82.9 cm³/mol. The maximum absolute atomic E-state index is 5.42. The van der Waals surface area contributed by atoms with Gasteiger partial charge in [0.2, 0.25) is 0 Å². The molecule has 1 aliphatic rings. The first-order valence-electron chi connectivity index (χ1n) is 7.28. The summed E-state index contributed by atoms with van der Waals surface area (Å²) in [6.45, 7) is 9.38. The zero-order valence-corrected chi connectivity index (χ0v) is 13.1. The van der Waals surface area contributed by atoms with E-state index in [0.717, 1.165) is 38.5 Å². The average Bonchev–Trinajstić information content (AvgIpc) is 2.46. The van der Waals surface area contributed by atoms with E-state index in [9.17, 15) is 0 Å². The Kier molecular flexibility index (Phi) is 5.26. The highest BCUT2D eigenvalue weighted by Crippen LogP contribution is 2.26. The van der Waals surface area contributed by atoms with Crippen LogP contribution >= 0.6 is 0 Å². The Hall–Kier alpha value is -1.26. The van der Waals surface area contributed by atoms with E-state index >= 15 is 0 Å². The number of hydrogen-bond acceptors (Lipinski definition) is 4. The highest BCUT2D eigenvalue weighted by molar-refractivity contribution is 5.54. The van der Waals surface area contributed by atoms with Crippen molar-refractivity contribution in [1.82, 2.24) is 4.90 Å². The molecule has 1 fully saturated rings. The molecule has 1 aliphatic heterocycles. The fourth-order valence-electron chi connectivity index (χ4n) is 2.78. The highest BCUT2D eigenvalue weighted by atomic mass is 16.5. The van der Waals surface area contributed by atoms with E-state index in [2.05, 4.69) is 41.8 Å². The molecule has 0 radical (unpaired) electrons. The smallest absolute Gasteiger partial charge is 0.123 e. The molecule has 112 valence electrons. The summed E-state index contributed by atoms with van der Waals surface area (Å²) in [6, 6.07) is 7.02. The van der Waals surface area contributed by atoms with Crippen molar-refractivity contribution in [3.05, 3.63) is 23.8 Å². The minimum absolute atomic E-state index is 0.547. The van der Waals surface area contributed by atoms with Crippen LogP contribution in [0.1, 0.15) is 12.5 Å². The van der Waals surface area contributed by atoms with Crippen LogP contribution in [0.5, 0.6) is 5.75 Å². The van der Waals surface area contributed by atoms with Crippen molar-refractivity contribution in [2.75, 3.05) is 51.9 Å². The van der Waals surface area contributed by atoms with Crippen LogP contribution in [0.3, 0.4) is 0 Å². The lowest BCUT2D eigenvalue weighted by Crippen LogP contribution is -2.52. The number of piperazine rings is 1. The van der Waals surface area contributed by atoms with Crippen LogP contribution in [0.15, 0.2) is 18.2 Å². The number of rotatable bonds is 5. The number of methoxy groups -OCH3 is 2. The Morgan fingerprint density at radius 2 is 2.05 bits per heavy atom. The second kappa shape index (κ2) is 6.95. The molecule has 4 nitrogen and oxygen atoms in total. The van der Waals surface area contributed by atoms with Gasteiger partial charge < -0.3 is 14.4 Å². The van der Waals surface area contributed by atoms with Crippen molar-refractivity contribution in [2.45, 2.75) is 19.9 Å². The van der Waals surface area contributed by atoms with Gasteiger partial charge in [0.25, 0.3) is 0 Å². The maximum atomic E-state index is 5.42. The molecule has 0 spiro atoms. The van der Waals surface area contributed by atoms with Crippen molar-refractivity contribution >= 4 is 5.69 Å². The first-order valence-corrected chi connectivity index (χ1v) is 7.28. The topological polar surface area (TPSA) is 24.9 Å². The molecule has 0 aromatic heterocycles. The molecule has 1 aromatic carbocycles. The number of hydrogen-bond donors (Lipinski definition) is 0. The van der Waals surface area contributed by atoms with Crippen LogP contribution in [0.4, 0.5) is 5.69 Å². The van der Waals surface area contributed by atoms with Crippen molar-refractivity contribution < 1.29 is 9.47 Å². The van der Waals surface area contributed by atoms with E-state index < -0.39 is 0 Å². The molecule has 1 saturated heterocycles. The van der Waals surface area contributed by atoms with Gasteiger partial charge in [-0.1, -0.05) is 6.07 Å². The molecule has 4 heteroatoms. The molecular formula is C16H26N2O2. The average molecular weight is 278 g/mol. The van der Waals surface area contributed by atoms with Gasteiger partial charge in [-0.05, 0) is 25.5 Å². The van der Waals surface area contributed by atoms with Crippen LogP contribution in [-0.4, -0.2) is 57.9 Å². The molecule has 2 rings (SSSR count). The van der Waals surface area contributed by atoms with Gasteiger partial charge in [0.05, 0.1) is 13.7 Å². The number of nitrogens with zero attached hydrogens (tertiary/aromatic N) is 2. The zero-order chi connectivity index (χ0) is 14.5. The molecule has 1 atom stereocenters. The first-order chi connectivity index (χ1) is 9.65. The molecule has 0 saturated carbocycles. The summed E-state index contributed by atoms with van der Waals surface area (Å²) in [5.74, 6) is 0.969. The normalized spacial score (nSPS) is 20.2. The maximum Gasteiger partial charge on any atom is 0.123 e. The minimum Gasteiger partial charge on any atom is -0.496 e. The van der Waals surface area contributed by atoms with Crippen LogP contribution in [0, 0.1) is 6.92 Å². The van der Waals surface area contributed by atoms with Crippen LogP contribution < -0.4 is 9.64 Å². The van der Waals surface area contributed by atoms with Gasteiger partial charge in [0.15, 0.2) is 0 Å². The lowest BCUT2D eigenvalue weighted by atomic mass is 10.1. The molecule has 20 heavy (non-hydrogen) atoms. The molecular weight excluding hydrogens is 252 g/mol. The van der Waals surface area contributed by atoms with Crippen LogP contribution in [-0.2, 0) is 4.74 Å². The lowest BCUT2D eigenvalue weighted by Gasteiger charge is -2.41. The standard InChI is InChI=1S/C16H26N2O2/c1-13-5-6-15(11-16(13)20-4)18-8-7-17(9-10-19-3)14(2)12-18/h5-6,11,14H,7-10,12H2,1-4H3/t14-/m0/s1. The third-order valence-electron chi connectivity index (χ3n) is 4.10. The first kappa shape index (κ1) is 15.1. The van der Waals surface area contributed by atoms with Gasteiger partial charge in [-0.25, -0.2) is 0 Å². The summed E-state index contributed by atoms with van der Waals surface area (Å²) >= 11 is 0. The Morgan fingerprint density at radius 1 is 1.25 bits per heavy atom. The summed E-state index contributed by atoms with van der Waals surface area (Å²) in [5.41, 5.74) is 2.44. The van der Waals surface area contributed by atoms with E-state index in [-0.39, 0.29) is 0 Å². The quantitative estimate of drug-likeness (QED) is 0.824. The monoisotopic (exact) mass is 278 g/mol. The summed E-state index contributed by atoms with van der Waals surface area (Å²) in [5, 5.41) is 0. The second-order valence-electron chi connectivity index (χ2n) is 5.48. The van der Waals surface area contributed by atoms with Crippen LogP contribution in [0.2, 0.25) is 0 Å². The number of ether oxygens (including phenoxy) is 2. The Balaban J connectivity index is 2.01. The lowest BCUT2D eigenvalue weighted by molar-refractivity contribution is 0.117. The summed E-state index contributed by atoms with van der Waals surface area (Å²) in [6.07, 6.45) is 0. The SMILES string of the molecule is COCCN1CCN(c2ccc(C)c(OC)c2)C[C@@H]1C. The fraction of sp³-hybridized carbons (Fsp3) is 0.625. The van der Waals surface area contributed by atoms with Gasteiger partial charge in [0.1, 0.15) is 5.75 Å². The molecule has 0 unspecified atom stereocenters. The molecule has 0 bridgehead atoms. The molecule has 0 aliphatic carbocycles. The zero-order valence-electron chi connectivity index (χ0n) is 13.1. The van der Waals surface area contributed by atoms with E-state index in [1.54, 1.807) is 14.2 Å². The van der Waals surface area contributed by atoms with Gasteiger partial charge >= 0.3 is 0 Å². The highest BCUT2D eigenvalue weighted by Gasteiger charge is 2.23. The van der Waals surface area contributed by atoms with Crippen molar-refractivity contribution in [1.29, 1.82) is 0 Å². The van der Waals surface area contributed by atoms with E-state index in [4.69, 9.17) is 9.47 Å². The van der Waals surface area contributed by atoms with Gasteiger partial charge in [-0.2, -0.15) is 0 Å². The van der Waals surface area contributed by atoms with Crippen molar-refractivity contribution in [2.24, 2.45) is 0 Å². The van der Waals surface area contributed by atoms with E-state index in [1.165, 1.54) is 11.3 Å². The van der Waals surface area contributed by atoms with Crippen molar-refractivity contribution in [3.63, 3.8) is 0 Å². The number of aryl methyl sites for hydroxylation is 1. The molecule has 0 amide bonds. The molecule has 0 N–H and O–H groups in total. The fourth-order valence-corrected chi connectivity index (χ4v) is 2.78. The van der Waals surface area contributed by atoms with E-state index in [0.29, 0.717) is 6.04 Å². The number of benzene rings is 1. The van der Waals surface area contributed by atoms with Crippen molar-refractivity contribution in [3.8, 4) is 5.75 Å². The minimum atomic E-state index is 0.547. The predicted octanol–water partition coefficient (Wildman–Crippen LogP) is 2.16. The summed E-state index contributed by atoms with van der Waals surface area (Å²) < 4.78 is 10.6. The Labute approximate surface area is 122 Å². The van der Waals surface area contributed by atoms with Gasteiger partial charge in [-0.15, -0.1) is 0 Å². The number of anilines is 1. The summed E-state index contributed by atoms with van der Waals surface area (Å²) in [7, 11) is 3.50. The Morgan fingerprint density at radius 3 is 2.70 bits per heavy atom. The Bertz CT molecular complexity index is 436. The van der Waals surface area contributed by atoms with Crippen LogP contribution in [0.25, 0.3) is 0 Å². The van der Waals surface area contributed by atoms with Gasteiger partial charge in [-0.3, -0.25) is 4.90 Å². The largest absolute Gasteiger partial charge is 0.496 e.